The smallest absolute Gasteiger partial charge is 0.164 e. The van der Waals surface area contributed by atoms with Crippen molar-refractivity contribution in [3.63, 3.8) is 0 Å². The van der Waals surface area contributed by atoms with E-state index >= 15 is 0 Å². The van der Waals surface area contributed by atoms with Crippen LogP contribution in [0, 0.1) is 11.6 Å². The van der Waals surface area contributed by atoms with Gasteiger partial charge in [-0.2, -0.15) is 0 Å². The van der Waals surface area contributed by atoms with Crippen LogP contribution in [0.4, 0.5) is 8.78 Å². The van der Waals surface area contributed by atoms with E-state index in [1.165, 1.54) is 12.1 Å². The van der Waals surface area contributed by atoms with Crippen molar-refractivity contribution >= 4 is 23.2 Å². The summed E-state index contributed by atoms with van der Waals surface area (Å²) in [5, 5.41) is 10.6. The summed E-state index contributed by atoms with van der Waals surface area (Å²) in [5.41, 5.74) is 0.473. The van der Waals surface area contributed by atoms with E-state index < -0.39 is 17.7 Å². The molecule has 1 unspecified atom stereocenters. The van der Waals surface area contributed by atoms with Crippen molar-refractivity contribution in [1.29, 1.82) is 0 Å². The van der Waals surface area contributed by atoms with Gasteiger partial charge in [0, 0.05) is 12.0 Å². The van der Waals surface area contributed by atoms with Crippen molar-refractivity contribution in [2.24, 2.45) is 0 Å². The lowest BCUT2D eigenvalue weighted by molar-refractivity contribution is 0.172. The Morgan fingerprint density at radius 1 is 1.05 bits per heavy atom. The first-order valence-corrected chi connectivity index (χ1v) is 6.31. The van der Waals surface area contributed by atoms with Crippen LogP contribution >= 0.6 is 23.2 Å². The highest BCUT2D eigenvalue weighted by molar-refractivity contribution is 6.42. The van der Waals surface area contributed by atoms with E-state index in [0.717, 1.165) is 6.07 Å². The van der Waals surface area contributed by atoms with Crippen molar-refractivity contribution < 1.29 is 13.9 Å². The van der Waals surface area contributed by atoms with Gasteiger partial charge in [0.05, 0.1) is 16.1 Å². The molecule has 0 saturated carbocycles. The van der Waals surface area contributed by atoms with Gasteiger partial charge in [-0.3, -0.25) is 0 Å². The Morgan fingerprint density at radius 2 is 1.74 bits per heavy atom. The SMILES string of the molecule is OC(Cc1cccc(Cl)c1Cl)c1cccc(F)c1F. The molecule has 5 heteroatoms. The molecule has 2 aromatic rings. The van der Waals surface area contributed by atoms with Crippen LogP contribution in [0.25, 0.3) is 0 Å². The lowest BCUT2D eigenvalue weighted by Crippen LogP contribution is -2.06. The lowest BCUT2D eigenvalue weighted by Gasteiger charge is -2.13. The summed E-state index contributed by atoms with van der Waals surface area (Å²) < 4.78 is 26.6. The van der Waals surface area contributed by atoms with Crippen molar-refractivity contribution in [2.45, 2.75) is 12.5 Å². The zero-order valence-electron chi connectivity index (χ0n) is 9.71. The van der Waals surface area contributed by atoms with Crippen molar-refractivity contribution in [3.8, 4) is 0 Å². The summed E-state index contributed by atoms with van der Waals surface area (Å²) in [4.78, 5) is 0. The third-order valence-electron chi connectivity index (χ3n) is 2.79. The molecule has 0 radical (unpaired) electrons. The monoisotopic (exact) mass is 302 g/mol. The van der Waals surface area contributed by atoms with Crippen LogP contribution in [0.5, 0.6) is 0 Å². The molecule has 1 N–H and O–H groups in total. The van der Waals surface area contributed by atoms with E-state index in [1.807, 2.05) is 0 Å². The molecule has 0 aliphatic rings. The second-order valence-electron chi connectivity index (χ2n) is 4.08. The van der Waals surface area contributed by atoms with E-state index in [9.17, 15) is 13.9 Å². The molecule has 1 atom stereocenters. The maximum Gasteiger partial charge on any atom is 0.164 e. The summed E-state index contributed by atoms with van der Waals surface area (Å²) in [5.74, 6) is -2.04. The highest BCUT2D eigenvalue weighted by Gasteiger charge is 2.17. The van der Waals surface area contributed by atoms with E-state index in [1.54, 1.807) is 18.2 Å². The number of hydrogen-bond acceptors (Lipinski definition) is 1. The van der Waals surface area contributed by atoms with Gasteiger partial charge in [0.1, 0.15) is 0 Å². The van der Waals surface area contributed by atoms with Crippen LogP contribution in [0.15, 0.2) is 36.4 Å². The summed E-state index contributed by atoms with van der Waals surface area (Å²) in [6, 6.07) is 8.64. The first kappa shape index (κ1) is 14.3. The zero-order chi connectivity index (χ0) is 14.0. The molecule has 0 spiro atoms. The molecule has 0 aliphatic carbocycles. The maximum atomic E-state index is 13.5. The van der Waals surface area contributed by atoms with E-state index in [-0.39, 0.29) is 12.0 Å². The summed E-state index contributed by atoms with van der Waals surface area (Å²) in [7, 11) is 0. The molecule has 0 aliphatic heterocycles. The van der Waals surface area contributed by atoms with Crippen molar-refractivity contribution in [3.05, 3.63) is 69.2 Å². The topological polar surface area (TPSA) is 20.2 Å². The fourth-order valence-corrected chi connectivity index (χ4v) is 2.20. The number of aliphatic hydroxyl groups excluding tert-OH is 1. The molecule has 100 valence electrons. The van der Waals surface area contributed by atoms with Crippen LogP contribution < -0.4 is 0 Å². The van der Waals surface area contributed by atoms with Gasteiger partial charge >= 0.3 is 0 Å². The molecule has 0 saturated heterocycles. The summed E-state index contributed by atoms with van der Waals surface area (Å²) >= 11 is 11.8. The minimum absolute atomic E-state index is 0.0553. The second-order valence-corrected chi connectivity index (χ2v) is 4.86. The van der Waals surface area contributed by atoms with Crippen LogP contribution in [-0.4, -0.2) is 5.11 Å². The Hall–Kier alpha value is -1.16. The number of aliphatic hydroxyl groups is 1. The Balaban J connectivity index is 2.28. The molecule has 19 heavy (non-hydrogen) atoms. The van der Waals surface area contributed by atoms with Crippen LogP contribution in [0.3, 0.4) is 0 Å². The number of hydrogen-bond donors (Lipinski definition) is 1. The summed E-state index contributed by atoms with van der Waals surface area (Å²) in [6.45, 7) is 0. The van der Waals surface area contributed by atoms with Gasteiger partial charge in [-0.05, 0) is 17.7 Å². The van der Waals surface area contributed by atoms with Gasteiger partial charge in [0.2, 0.25) is 0 Å². The normalized spacial score (nSPS) is 12.5. The van der Waals surface area contributed by atoms with E-state index in [0.29, 0.717) is 15.6 Å². The van der Waals surface area contributed by atoms with Crippen LogP contribution in [0.2, 0.25) is 10.0 Å². The third-order valence-corrected chi connectivity index (χ3v) is 3.64. The average Bonchev–Trinajstić information content (AvgIpc) is 2.38. The largest absolute Gasteiger partial charge is 0.388 e. The van der Waals surface area contributed by atoms with Gasteiger partial charge < -0.3 is 5.11 Å². The molecule has 0 aromatic heterocycles. The molecule has 0 fully saturated rings. The average molecular weight is 303 g/mol. The molecule has 2 rings (SSSR count). The quantitative estimate of drug-likeness (QED) is 0.882. The Labute approximate surface area is 119 Å². The standard InChI is InChI=1S/C14H10Cl2F2O/c15-10-5-1-3-8(13(10)16)7-12(19)9-4-2-6-11(17)14(9)18/h1-6,12,19H,7H2. The molecule has 2 aromatic carbocycles. The molecule has 1 nitrogen and oxygen atoms in total. The number of benzene rings is 2. The van der Waals surface area contributed by atoms with Crippen LogP contribution in [0.1, 0.15) is 17.2 Å². The maximum absolute atomic E-state index is 13.5. The molecular formula is C14H10Cl2F2O. The highest BCUT2D eigenvalue weighted by Crippen LogP contribution is 2.30. The molecular weight excluding hydrogens is 293 g/mol. The molecule has 0 heterocycles. The van der Waals surface area contributed by atoms with E-state index in [2.05, 4.69) is 0 Å². The first-order valence-electron chi connectivity index (χ1n) is 5.55. The Morgan fingerprint density at radius 3 is 2.47 bits per heavy atom. The van der Waals surface area contributed by atoms with E-state index in [4.69, 9.17) is 23.2 Å². The second kappa shape index (κ2) is 5.87. The highest BCUT2D eigenvalue weighted by atomic mass is 35.5. The zero-order valence-corrected chi connectivity index (χ0v) is 11.2. The predicted octanol–water partition coefficient (Wildman–Crippen LogP) is 4.55. The molecule has 0 bridgehead atoms. The van der Waals surface area contributed by atoms with Gasteiger partial charge in [-0.25, -0.2) is 8.78 Å². The fourth-order valence-electron chi connectivity index (χ4n) is 1.80. The first-order chi connectivity index (χ1) is 9.00. The lowest BCUT2D eigenvalue weighted by atomic mass is 10.0. The van der Waals surface area contributed by atoms with Gasteiger partial charge in [-0.15, -0.1) is 0 Å². The Kier molecular flexibility index (Phi) is 4.40. The van der Waals surface area contributed by atoms with Crippen LogP contribution in [-0.2, 0) is 6.42 Å². The van der Waals surface area contributed by atoms with Gasteiger partial charge in [0.25, 0.3) is 0 Å². The van der Waals surface area contributed by atoms with Crippen molar-refractivity contribution in [2.75, 3.05) is 0 Å². The Bertz CT molecular complexity index is 602. The van der Waals surface area contributed by atoms with Crippen molar-refractivity contribution in [1.82, 2.24) is 0 Å². The fraction of sp³-hybridized carbons (Fsp3) is 0.143. The number of halogens is 4. The predicted molar refractivity (Wildman–Crippen MR) is 71.5 cm³/mol. The summed E-state index contributed by atoms with van der Waals surface area (Å²) in [6.07, 6.45) is -1.13. The minimum Gasteiger partial charge on any atom is -0.388 e. The number of rotatable bonds is 3. The van der Waals surface area contributed by atoms with Gasteiger partial charge in [-0.1, -0.05) is 47.5 Å². The molecule has 0 amide bonds. The van der Waals surface area contributed by atoms with Gasteiger partial charge in [0.15, 0.2) is 11.6 Å². The third kappa shape index (κ3) is 3.06. The minimum atomic E-state index is -1.19.